The lowest BCUT2D eigenvalue weighted by Gasteiger charge is -2.20. The van der Waals surface area contributed by atoms with Crippen molar-refractivity contribution in [1.29, 1.82) is 0 Å². The summed E-state index contributed by atoms with van der Waals surface area (Å²) in [6, 6.07) is 28.0. The van der Waals surface area contributed by atoms with Crippen molar-refractivity contribution in [2.75, 3.05) is 13.7 Å². The predicted octanol–water partition coefficient (Wildman–Crippen LogP) is 4.69. The Kier molecular flexibility index (Phi) is 7.04. The molecule has 0 aromatic heterocycles. The summed E-state index contributed by atoms with van der Waals surface area (Å²) < 4.78 is 19.3. The van der Waals surface area contributed by atoms with Crippen LogP contribution < -0.4 is 15.9 Å². The number of benzene rings is 3. The van der Waals surface area contributed by atoms with E-state index < -0.39 is 7.14 Å². The zero-order chi connectivity index (χ0) is 19.0. The second-order valence-corrected chi connectivity index (χ2v) is 9.52. The van der Waals surface area contributed by atoms with E-state index in [2.05, 4.69) is 12.1 Å². The van der Waals surface area contributed by atoms with Gasteiger partial charge in [-0.15, -0.1) is 0 Å². The minimum absolute atomic E-state index is 0.830. The topological polar surface area (TPSA) is 26.3 Å². The van der Waals surface area contributed by atoms with E-state index in [0.29, 0.717) is 0 Å². The first-order valence-corrected chi connectivity index (χ1v) is 11.3. The number of aryl methyl sites for hydroxylation is 1. The number of hydrogen-bond acceptors (Lipinski definition) is 2. The molecule has 0 radical (unpaired) electrons. The van der Waals surface area contributed by atoms with Gasteiger partial charge in [-0.3, -0.25) is 0 Å². The van der Waals surface area contributed by atoms with Gasteiger partial charge in [-0.2, -0.15) is 0 Å². The highest BCUT2D eigenvalue weighted by molar-refractivity contribution is 7.85. The number of methoxy groups -OCH3 is 1. The fourth-order valence-corrected chi connectivity index (χ4v) is 6.00. The normalized spacial score (nSPS) is 11.4. The molecule has 3 rings (SSSR count). The average Bonchev–Trinajstić information content (AvgIpc) is 2.75. The maximum atomic E-state index is 14.2. The highest BCUT2D eigenvalue weighted by Crippen LogP contribution is 2.42. The molecule has 3 heteroatoms. The van der Waals surface area contributed by atoms with Gasteiger partial charge in [-0.1, -0.05) is 91.3 Å². The van der Waals surface area contributed by atoms with Gasteiger partial charge in [0.15, 0.2) is 7.14 Å². The Balaban J connectivity index is 1.85. The molecule has 0 aliphatic carbocycles. The third-order valence-electron chi connectivity index (χ3n) is 4.85. The zero-order valence-electron chi connectivity index (χ0n) is 15.9. The van der Waals surface area contributed by atoms with E-state index in [1.165, 1.54) is 12.0 Å². The molecule has 0 fully saturated rings. The Morgan fingerprint density at radius 3 is 1.70 bits per heavy atom. The van der Waals surface area contributed by atoms with Gasteiger partial charge in [0, 0.05) is 29.6 Å². The van der Waals surface area contributed by atoms with Crippen molar-refractivity contribution in [3.8, 4) is 0 Å². The minimum Gasteiger partial charge on any atom is -0.385 e. The summed E-state index contributed by atoms with van der Waals surface area (Å²) in [5, 5.41) is 2.65. The smallest absolute Gasteiger partial charge is 0.171 e. The molecule has 0 bridgehead atoms. The molecule has 0 saturated carbocycles. The van der Waals surface area contributed by atoms with Gasteiger partial charge in [0.25, 0.3) is 0 Å². The average molecular weight is 378 g/mol. The molecule has 0 N–H and O–H groups in total. The molecule has 0 amide bonds. The maximum Gasteiger partial charge on any atom is 0.171 e. The molecule has 3 aromatic rings. The molecule has 140 valence electrons. The number of rotatable bonds is 9. The fourth-order valence-electron chi connectivity index (χ4n) is 3.35. The first-order valence-electron chi connectivity index (χ1n) is 9.55. The van der Waals surface area contributed by atoms with E-state index in [-0.39, 0.29) is 0 Å². The summed E-state index contributed by atoms with van der Waals surface area (Å²) in [7, 11) is -1.11. The standard InChI is InChI=1S/C24H27O2P/c1-26-20-10-4-5-11-21-16-18-24(19-17-21)27(25,22-12-6-2-7-13-22)23-14-8-3-9-15-23/h2-3,6-9,12-19H,4-5,10-11,20H2,1H3. The Morgan fingerprint density at radius 2 is 1.19 bits per heavy atom. The Bertz CT molecular complexity index is 814. The van der Waals surface area contributed by atoms with Gasteiger partial charge in [0.05, 0.1) is 0 Å². The Morgan fingerprint density at radius 1 is 0.667 bits per heavy atom. The second-order valence-electron chi connectivity index (χ2n) is 6.75. The van der Waals surface area contributed by atoms with Crippen molar-refractivity contribution in [2.24, 2.45) is 0 Å². The predicted molar refractivity (Wildman–Crippen MR) is 115 cm³/mol. The lowest BCUT2D eigenvalue weighted by atomic mass is 10.1. The van der Waals surface area contributed by atoms with Gasteiger partial charge in [0.1, 0.15) is 0 Å². The van der Waals surface area contributed by atoms with Crippen LogP contribution in [0.4, 0.5) is 0 Å². The van der Waals surface area contributed by atoms with E-state index in [9.17, 15) is 4.57 Å². The maximum absolute atomic E-state index is 14.2. The summed E-state index contributed by atoms with van der Waals surface area (Å²) in [4.78, 5) is 0. The second kappa shape index (κ2) is 9.69. The Hall–Kier alpha value is -2.15. The summed E-state index contributed by atoms with van der Waals surface area (Å²) in [6.07, 6.45) is 4.47. The third-order valence-corrected chi connectivity index (χ3v) is 7.93. The van der Waals surface area contributed by atoms with E-state index in [0.717, 1.165) is 41.8 Å². The zero-order valence-corrected chi connectivity index (χ0v) is 16.8. The summed E-state index contributed by atoms with van der Waals surface area (Å²) in [6.45, 7) is 0.830. The van der Waals surface area contributed by atoms with Crippen molar-refractivity contribution in [3.63, 3.8) is 0 Å². The van der Waals surface area contributed by atoms with Gasteiger partial charge in [-0.25, -0.2) is 0 Å². The molecule has 0 spiro atoms. The van der Waals surface area contributed by atoms with Crippen LogP contribution in [0.3, 0.4) is 0 Å². The monoisotopic (exact) mass is 378 g/mol. The number of unbranched alkanes of at least 4 members (excludes halogenated alkanes) is 2. The van der Waals surface area contributed by atoms with E-state index >= 15 is 0 Å². The van der Waals surface area contributed by atoms with Crippen molar-refractivity contribution in [3.05, 3.63) is 90.5 Å². The summed E-state index contributed by atoms with van der Waals surface area (Å²) in [5.74, 6) is 0. The fraction of sp³-hybridized carbons (Fsp3) is 0.250. The van der Waals surface area contributed by atoms with Crippen molar-refractivity contribution >= 4 is 23.1 Å². The summed E-state index contributed by atoms with van der Waals surface area (Å²) in [5.41, 5.74) is 1.30. The molecular weight excluding hydrogens is 351 g/mol. The highest BCUT2D eigenvalue weighted by Gasteiger charge is 2.29. The highest BCUT2D eigenvalue weighted by atomic mass is 31.2. The van der Waals surface area contributed by atoms with Crippen LogP contribution in [0.2, 0.25) is 0 Å². The first-order chi connectivity index (χ1) is 13.2. The molecule has 27 heavy (non-hydrogen) atoms. The van der Waals surface area contributed by atoms with Crippen LogP contribution >= 0.6 is 7.14 Å². The van der Waals surface area contributed by atoms with Crippen molar-refractivity contribution in [2.45, 2.75) is 25.7 Å². The quantitative estimate of drug-likeness (QED) is 0.399. The largest absolute Gasteiger partial charge is 0.385 e. The van der Waals surface area contributed by atoms with E-state index in [1.807, 2.05) is 72.8 Å². The molecular formula is C24H27O2P. The molecule has 0 unspecified atom stereocenters. The molecule has 0 heterocycles. The number of hydrogen-bond donors (Lipinski definition) is 0. The van der Waals surface area contributed by atoms with Gasteiger partial charge < -0.3 is 9.30 Å². The van der Waals surface area contributed by atoms with Gasteiger partial charge >= 0.3 is 0 Å². The van der Waals surface area contributed by atoms with Crippen LogP contribution in [-0.4, -0.2) is 13.7 Å². The first kappa shape index (κ1) is 19.6. The van der Waals surface area contributed by atoms with Crippen LogP contribution in [0.25, 0.3) is 0 Å². The SMILES string of the molecule is COCCCCCc1ccc(P(=O)(c2ccccc2)c2ccccc2)cc1. The minimum atomic E-state index is -2.85. The third kappa shape index (κ3) is 4.77. The van der Waals surface area contributed by atoms with Crippen LogP contribution in [0.5, 0.6) is 0 Å². The molecule has 0 saturated heterocycles. The van der Waals surface area contributed by atoms with E-state index in [4.69, 9.17) is 4.74 Å². The molecule has 3 aromatic carbocycles. The van der Waals surface area contributed by atoms with Crippen LogP contribution in [0.1, 0.15) is 24.8 Å². The lowest BCUT2D eigenvalue weighted by Crippen LogP contribution is -2.24. The van der Waals surface area contributed by atoms with Gasteiger partial charge in [0.2, 0.25) is 0 Å². The lowest BCUT2D eigenvalue weighted by molar-refractivity contribution is 0.192. The molecule has 2 nitrogen and oxygen atoms in total. The van der Waals surface area contributed by atoms with Crippen molar-refractivity contribution < 1.29 is 9.30 Å². The van der Waals surface area contributed by atoms with Crippen LogP contribution in [0, 0.1) is 0 Å². The van der Waals surface area contributed by atoms with Gasteiger partial charge in [-0.05, 0) is 24.8 Å². The molecule has 0 aliphatic rings. The summed E-state index contributed by atoms with van der Waals surface area (Å²) >= 11 is 0. The van der Waals surface area contributed by atoms with Crippen molar-refractivity contribution in [1.82, 2.24) is 0 Å². The Labute approximate surface area is 162 Å². The molecule has 0 aliphatic heterocycles. The van der Waals surface area contributed by atoms with E-state index in [1.54, 1.807) is 7.11 Å². The molecule has 0 atom stereocenters. The van der Waals surface area contributed by atoms with Crippen LogP contribution in [-0.2, 0) is 15.7 Å². The number of ether oxygens (including phenoxy) is 1. The van der Waals surface area contributed by atoms with Crippen LogP contribution in [0.15, 0.2) is 84.9 Å².